The Kier molecular flexibility index (Phi) is 5.13. The molecule has 0 aliphatic rings. The molecule has 1 unspecified atom stereocenters. The van der Waals surface area contributed by atoms with Crippen LogP contribution in [0.4, 0.5) is 8.78 Å². The van der Waals surface area contributed by atoms with Crippen molar-refractivity contribution in [3.8, 4) is 0 Å². The lowest BCUT2D eigenvalue weighted by atomic mass is 10.3. The molecular weight excluding hydrogens is 300 g/mol. The van der Waals surface area contributed by atoms with Gasteiger partial charge in [-0.15, -0.1) is 0 Å². The summed E-state index contributed by atoms with van der Waals surface area (Å²) in [6, 6.07) is 6.93. The lowest BCUT2D eigenvalue weighted by molar-refractivity contribution is -0.122. The third-order valence-corrected chi connectivity index (χ3v) is 3.41. The number of nitrogens with one attached hydrogen (secondary N) is 1. The second-order valence-electron chi connectivity index (χ2n) is 4.50. The van der Waals surface area contributed by atoms with E-state index in [1.807, 2.05) is 0 Å². The molecule has 114 valence electrons. The SMILES string of the molecule is CC(O)CNC(=O)Cn1c(SC(F)F)nc2ccccc21. The molecule has 1 amide bonds. The number of hydrogen-bond acceptors (Lipinski definition) is 4. The van der Waals surface area contributed by atoms with Gasteiger partial charge in [-0.3, -0.25) is 4.79 Å². The fourth-order valence-electron chi connectivity index (χ4n) is 1.84. The molecule has 1 atom stereocenters. The Morgan fingerprint density at radius 2 is 2.19 bits per heavy atom. The first-order chi connectivity index (χ1) is 9.97. The molecule has 2 aromatic rings. The summed E-state index contributed by atoms with van der Waals surface area (Å²) in [5.41, 5.74) is 1.18. The van der Waals surface area contributed by atoms with Crippen LogP contribution in [0.25, 0.3) is 11.0 Å². The third-order valence-electron chi connectivity index (χ3n) is 2.71. The first kappa shape index (κ1) is 15.7. The number of imidazole rings is 1. The Balaban J connectivity index is 2.25. The van der Waals surface area contributed by atoms with Gasteiger partial charge in [-0.05, 0) is 30.8 Å². The summed E-state index contributed by atoms with van der Waals surface area (Å²) in [6.45, 7) is 1.54. The number of halogens is 2. The molecule has 2 N–H and O–H groups in total. The maximum absolute atomic E-state index is 12.6. The number of hydrogen-bond donors (Lipinski definition) is 2. The van der Waals surface area contributed by atoms with Gasteiger partial charge < -0.3 is 15.0 Å². The van der Waals surface area contributed by atoms with Gasteiger partial charge in [0, 0.05) is 6.54 Å². The molecule has 0 saturated carbocycles. The first-order valence-electron chi connectivity index (χ1n) is 6.32. The van der Waals surface area contributed by atoms with Crippen LogP contribution >= 0.6 is 11.8 Å². The van der Waals surface area contributed by atoms with Crippen molar-refractivity contribution in [3.05, 3.63) is 24.3 Å². The van der Waals surface area contributed by atoms with Gasteiger partial charge in [0.1, 0.15) is 6.54 Å². The Bertz CT molecular complexity index is 631. The molecule has 21 heavy (non-hydrogen) atoms. The number of nitrogens with zero attached hydrogens (tertiary/aromatic N) is 2. The molecule has 5 nitrogen and oxygen atoms in total. The van der Waals surface area contributed by atoms with Crippen LogP contribution in [0.2, 0.25) is 0 Å². The molecule has 1 aromatic carbocycles. The van der Waals surface area contributed by atoms with Gasteiger partial charge in [-0.2, -0.15) is 8.78 Å². The zero-order valence-electron chi connectivity index (χ0n) is 11.3. The van der Waals surface area contributed by atoms with Crippen LogP contribution in [-0.2, 0) is 11.3 Å². The summed E-state index contributed by atoms with van der Waals surface area (Å²) in [6.07, 6.45) is -0.664. The van der Waals surface area contributed by atoms with Gasteiger partial charge in [0.25, 0.3) is 5.76 Å². The summed E-state index contributed by atoms with van der Waals surface area (Å²) >= 11 is 0.306. The predicted octanol–water partition coefficient (Wildman–Crippen LogP) is 1.85. The third kappa shape index (κ3) is 4.15. The molecule has 1 heterocycles. The van der Waals surface area contributed by atoms with Gasteiger partial charge in [0.15, 0.2) is 5.16 Å². The van der Waals surface area contributed by atoms with Gasteiger partial charge in [0.2, 0.25) is 5.91 Å². The maximum Gasteiger partial charge on any atom is 0.291 e. The van der Waals surface area contributed by atoms with E-state index in [2.05, 4.69) is 10.3 Å². The average molecular weight is 315 g/mol. The number of rotatable bonds is 6. The van der Waals surface area contributed by atoms with Gasteiger partial charge in [-0.25, -0.2) is 4.98 Å². The molecule has 2 rings (SSSR count). The lowest BCUT2D eigenvalue weighted by Crippen LogP contribution is -2.33. The van der Waals surface area contributed by atoms with Gasteiger partial charge >= 0.3 is 0 Å². The summed E-state index contributed by atoms with van der Waals surface area (Å²) in [7, 11) is 0. The van der Waals surface area contributed by atoms with E-state index >= 15 is 0 Å². The molecule has 0 spiro atoms. The van der Waals surface area contributed by atoms with Crippen molar-refractivity contribution in [2.45, 2.75) is 30.5 Å². The highest BCUT2D eigenvalue weighted by molar-refractivity contribution is 7.99. The minimum atomic E-state index is -2.61. The number of aromatic nitrogens is 2. The van der Waals surface area contributed by atoms with E-state index in [-0.39, 0.29) is 24.2 Å². The Morgan fingerprint density at radius 1 is 1.48 bits per heavy atom. The molecule has 0 radical (unpaired) electrons. The molecule has 0 bridgehead atoms. The number of aliphatic hydroxyl groups excluding tert-OH is 1. The van der Waals surface area contributed by atoms with Crippen LogP contribution in [-0.4, -0.2) is 39.0 Å². The van der Waals surface area contributed by atoms with Gasteiger partial charge in [0.05, 0.1) is 17.1 Å². The molecular formula is C13H15F2N3O2S. The number of aliphatic hydroxyl groups is 1. The number of carbonyl (C=O) groups is 1. The normalized spacial score (nSPS) is 12.8. The van der Waals surface area contributed by atoms with E-state index in [1.54, 1.807) is 31.2 Å². The van der Waals surface area contributed by atoms with E-state index < -0.39 is 11.9 Å². The summed E-state index contributed by atoms with van der Waals surface area (Å²) in [5, 5.41) is 11.8. The van der Waals surface area contributed by atoms with Crippen LogP contribution in [0, 0.1) is 0 Å². The molecule has 1 aromatic heterocycles. The van der Waals surface area contributed by atoms with Crippen molar-refractivity contribution in [1.82, 2.24) is 14.9 Å². The fraction of sp³-hybridized carbons (Fsp3) is 0.385. The number of para-hydroxylation sites is 2. The highest BCUT2D eigenvalue weighted by Crippen LogP contribution is 2.28. The van der Waals surface area contributed by atoms with Crippen molar-refractivity contribution in [2.75, 3.05) is 6.54 Å². The van der Waals surface area contributed by atoms with E-state index in [4.69, 9.17) is 5.11 Å². The highest BCUT2D eigenvalue weighted by Gasteiger charge is 2.17. The Morgan fingerprint density at radius 3 is 2.86 bits per heavy atom. The van der Waals surface area contributed by atoms with Gasteiger partial charge in [-0.1, -0.05) is 12.1 Å². The quantitative estimate of drug-likeness (QED) is 0.798. The number of fused-ring (bicyclic) bond motifs is 1. The minimum absolute atomic E-state index is 0.0957. The van der Waals surface area contributed by atoms with Crippen LogP contribution in [0.3, 0.4) is 0 Å². The van der Waals surface area contributed by atoms with E-state index in [1.165, 1.54) is 4.57 Å². The van der Waals surface area contributed by atoms with Crippen LogP contribution in [0.5, 0.6) is 0 Å². The predicted molar refractivity (Wildman–Crippen MR) is 76.3 cm³/mol. The summed E-state index contributed by atoms with van der Waals surface area (Å²) < 4.78 is 26.6. The number of amides is 1. The smallest absolute Gasteiger partial charge is 0.291 e. The van der Waals surface area contributed by atoms with E-state index in [0.717, 1.165) is 0 Å². The molecule has 0 aliphatic heterocycles. The largest absolute Gasteiger partial charge is 0.392 e. The Labute approximate surface area is 124 Å². The van der Waals surface area contributed by atoms with Crippen molar-refractivity contribution >= 4 is 28.7 Å². The fourth-order valence-corrected chi connectivity index (χ4v) is 2.44. The average Bonchev–Trinajstić information content (AvgIpc) is 2.74. The second kappa shape index (κ2) is 6.86. The number of benzene rings is 1. The molecule has 0 saturated heterocycles. The van der Waals surface area contributed by atoms with E-state index in [0.29, 0.717) is 22.8 Å². The van der Waals surface area contributed by atoms with Crippen molar-refractivity contribution in [3.63, 3.8) is 0 Å². The zero-order chi connectivity index (χ0) is 15.4. The summed E-state index contributed by atoms with van der Waals surface area (Å²) in [5.74, 6) is -2.98. The topological polar surface area (TPSA) is 67.2 Å². The van der Waals surface area contributed by atoms with Crippen molar-refractivity contribution in [2.24, 2.45) is 0 Å². The molecule has 8 heteroatoms. The second-order valence-corrected chi connectivity index (χ2v) is 5.46. The minimum Gasteiger partial charge on any atom is -0.392 e. The van der Waals surface area contributed by atoms with Crippen molar-refractivity contribution in [1.29, 1.82) is 0 Å². The lowest BCUT2D eigenvalue weighted by Gasteiger charge is -2.10. The Hall–Kier alpha value is -1.67. The highest BCUT2D eigenvalue weighted by atomic mass is 32.2. The number of carbonyl (C=O) groups excluding carboxylic acids is 1. The van der Waals surface area contributed by atoms with Crippen LogP contribution < -0.4 is 5.32 Å². The summed E-state index contributed by atoms with van der Waals surface area (Å²) in [4.78, 5) is 15.9. The van der Waals surface area contributed by atoms with Crippen LogP contribution in [0.1, 0.15) is 6.92 Å². The van der Waals surface area contributed by atoms with Crippen LogP contribution in [0.15, 0.2) is 29.4 Å². The molecule has 0 fully saturated rings. The molecule has 0 aliphatic carbocycles. The van der Waals surface area contributed by atoms with E-state index in [9.17, 15) is 13.6 Å². The number of thioether (sulfide) groups is 1. The maximum atomic E-state index is 12.6. The zero-order valence-corrected chi connectivity index (χ0v) is 12.1. The monoisotopic (exact) mass is 315 g/mol. The number of alkyl halides is 2. The standard InChI is InChI=1S/C13H15F2N3O2S/c1-8(19)6-16-11(20)7-18-10-5-3-2-4-9(10)17-13(18)21-12(14)15/h2-5,8,12,19H,6-7H2,1H3,(H,16,20). The first-order valence-corrected chi connectivity index (χ1v) is 7.20. The van der Waals surface area contributed by atoms with Crippen molar-refractivity contribution < 1.29 is 18.7 Å².